The van der Waals surface area contributed by atoms with Crippen molar-refractivity contribution in [1.82, 2.24) is 5.32 Å². The lowest BCUT2D eigenvalue weighted by Crippen LogP contribution is -2.53. The lowest BCUT2D eigenvalue weighted by Gasteiger charge is -2.27. The van der Waals surface area contributed by atoms with Crippen LogP contribution in [-0.2, 0) is 4.79 Å². The van der Waals surface area contributed by atoms with Gasteiger partial charge in [-0.3, -0.25) is 4.79 Å². The minimum atomic E-state index is -1.26. The van der Waals surface area contributed by atoms with Gasteiger partial charge in [0.15, 0.2) is 0 Å². The largest absolute Gasteiger partial charge is 0.394 e. The molecule has 0 aliphatic carbocycles. The van der Waals surface area contributed by atoms with E-state index in [1.54, 1.807) is 0 Å². The number of hydrogen-bond acceptors (Lipinski definition) is 5. The zero-order valence-corrected chi connectivity index (χ0v) is 35.5. The van der Waals surface area contributed by atoms with E-state index in [-0.39, 0.29) is 0 Å². The van der Waals surface area contributed by atoms with Crippen molar-refractivity contribution in [2.75, 3.05) is 6.61 Å². The zero-order valence-electron chi connectivity index (χ0n) is 35.5. The molecule has 5 N–H and O–H groups in total. The molecular formula is C47H93NO5. The molecule has 0 bridgehead atoms. The summed E-state index contributed by atoms with van der Waals surface area (Å²) in [6.07, 6.45) is 46.8. The van der Waals surface area contributed by atoms with Gasteiger partial charge in [0, 0.05) is 0 Å². The topological polar surface area (TPSA) is 110 Å². The monoisotopic (exact) mass is 752 g/mol. The molecule has 0 aromatic rings. The Morgan fingerprint density at radius 2 is 0.755 bits per heavy atom. The number of allylic oxidation sites excluding steroid dienone is 2. The average molecular weight is 752 g/mol. The molecule has 0 saturated heterocycles. The van der Waals surface area contributed by atoms with E-state index in [0.717, 1.165) is 44.9 Å². The Balaban J connectivity index is 3.66. The summed E-state index contributed by atoms with van der Waals surface area (Å²) < 4.78 is 0. The molecule has 0 radical (unpaired) electrons. The fourth-order valence-electron chi connectivity index (χ4n) is 7.46. The third-order valence-corrected chi connectivity index (χ3v) is 11.2. The quantitative estimate of drug-likeness (QED) is 0.0315. The summed E-state index contributed by atoms with van der Waals surface area (Å²) in [5.74, 6) is -0.587. The maximum Gasteiger partial charge on any atom is 0.249 e. The number of hydrogen-bond donors (Lipinski definition) is 5. The maximum atomic E-state index is 12.5. The van der Waals surface area contributed by atoms with Crippen molar-refractivity contribution >= 4 is 5.91 Å². The van der Waals surface area contributed by atoms with Gasteiger partial charge in [0.05, 0.1) is 18.8 Å². The molecule has 6 heteroatoms. The lowest BCUT2D eigenvalue weighted by atomic mass is 9.99. The molecule has 4 unspecified atom stereocenters. The molecule has 0 aromatic heterocycles. The maximum absolute atomic E-state index is 12.5. The van der Waals surface area contributed by atoms with Gasteiger partial charge in [-0.1, -0.05) is 225 Å². The van der Waals surface area contributed by atoms with Crippen LogP contribution in [-0.4, -0.2) is 57.3 Å². The third-order valence-electron chi connectivity index (χ3n) is 11.2. The first-order valence-electron chi connectivity index (χ1n) is 23.6. The van der Waals surface area contributed by atoms with E-state index >= 15 is 0 Å². The normalized spacial score (nSPS) is 14.2. The van der Waals surface area contributed by atoms with Crippen molar-refractivity contribution in [3.63, 3.8) is 0 Å². The second-order valence-corrected chi connectivity index (χ2v) is 16.5. The third kappa shape index (κ3) is 36.4. The number of amides is 1. The standard InChI is InChI=1S/C47H93NO5/c1-3-5-7-9-11-13-15-17-19-20-21-22-23-24-25-26-27-29-30-32-34-36-38-40-44(50)46(52)43(42-49)48-47(53)45(51)41-39-37-35-33-31-28-18-16-14-12-10-8-6-4-2/h14,16,43-46,49-52H,3-13,15,17-42H2,1-2H3,(H,48,53)/b16-14-. The number of nitrogens with one attached hydrogen (secondary N) is 1. The first-order chi connectivity index (χ1) is 26.0. The van der Waals surface area contributed by atoms with E-state index in [1.165, 1.54) is 180 Å². The second kappa shape index (κ2) is 42.2. The van der Waals surface area contributed by atoms with E-state index in [1.807, 2.05) is 0 Å². The second-order valence-electron chi connectivity index (χ2n) is 16.5. The molecule has 0 aliphatic heterocycles. The van der Waals surface area contributed by atoms with Crippen LogP contribution in [0.15, 0.2) is 12.2 Å². The number of aliphatic hydroxyl groups is 4. The number of carbonyl (C=O) groups is 1. The molecule has 6 nitrogen and oxygen atoms in total. The molecular weight excluding hydrogens is 659 g/mol. The van der Waals surface area contributed by atoms with Gasteiger partial charge in [-0.05, 0) is 38.5 Å². The zero-order chi connectivity index (χ0) is 38.9. The molecule has 0 fully saturated rings. The van der Waals surface area contributed by atoms with Crippen molar-refractivity contribution in [3.8, 4) is 0 Å². The van der Waals surface area contributed by atoms with Crippen LogP contribution in [0.2, 0.25) is 0 Å². The van der Waals surface area contributed by atoms with Crippen LogP contribution in [0.25, 0.3) is 0 Å². The molecule has 0 aromatic carbocycles. The predicted octanol–water partition coefficient (Wildman–Crippen LogP) is 12.6. The summed E-state index contributed by atoms with van der Waals surface area (Å²) >= 11 is 0. The Hall–Kier alpha value is -0.950. The molecule has 4 atom stereocenters. The lowest BCUT2D eigenvalue weighted by molar-refractivity contribution is -0.132. The number of carbonyl (C=O) groups excluding carboxylic acids is 1. The molecule has 1 amide bonds. The molecule has 53 heavy (non-hydrogen) atoms. The molecule has 316 valence electrons. The van der Waals surface area contributed by atoms with Crippen LogP contribution in [0.1, 0.15) is 251 Å². The summed E-state index contributed by atoms with van der Waals surface area (Å²) in [7, 11) is 0. The Bertz CT molecular complexity index is 761. The van der Waals surface area contributed by atoms with Crippen LogP contribution >= 0.6 is 0 Å². The average Bonchev–Trinajstić information content (AvgIpc) is 3.16. The van der Waals surface area contributed by atoms with Gasteiger partial charge in [0.1, 0.15) is 12.2 Å². The Morgan fingerprint density at radius 3 is 1.11 bits per heavy atom. The predicted molar refractivity (Wildman–Crippen MR) is 228 cm³/mol. The fourth-order valence-corrected chi connectivity index (χ4v) is 7.46. The fraction of sp³-hybridized carbons (Fsp3) is 0.936. The Kier molecular flexibility index (Phi) is 41.4. The van der Waals surface area contributed by atoms with Crippen molar-refractivity contribution in [3.05, 3.63) is 12.2 Å². The number of aliphatic hydroxyl groups excluding tert-OH is 4. The molecule has 0 saturated carbocycles. The molecule has 0 aliphatic rings. The summed E-state index contributed by atoms with van der Waals surface area (Å²) in [6.45, 7) is 4.05. The van der Waals surface area contributed by atoms with Gasteiger partial charge in [-0.2, -0.15) is 0 Å². The van der Waals surface area contributed by atoms with Crippen LogP contribution in [0.5, 0.6) is 0 Å². The van der Waals surface area contributed by atoms with Crippen LogP contribution in [0, 0.1) is 0 Å². The minimum Gasteiger partial charge on any atom is -0.394 e. The number of rotatable bonds is 43. The molecule has 0 spiro atoms. The van der Waals surface area contributed by atoms with Crippen molar-refractivity contribution < 1.29 is 25.2 Å². The Morgan fingerprint density at radius 1 is 0.453 bits per heavy atom. The highest BCUT2D eigenvalue weighted by molar-refractivity contribution is 5.80. The van der Waals surface area contributed by atoms with Crippen molar-refractivity contribution in [1.29, 1.82) is 0 Å². The van der Waals surface area contributed by atoms with E-state index in [0.29, 0.717) is 12.8 Å². The smallest absolute Gasteiger partial charge is 0.249 e. The van der Waals surface area contributed by atoms with Gasteiger partial charge in [0.2, 0.25) is 5.91 Å². The summed E-state index contributed by atoms with van der Waals surface area (Å²) in [5.41, 5.74) is 0. The van der Waals surface area contributed by atoms with E-state index in [4.69, 9.17) is 0 Å². The summed E-state index contributed by atoms with van der Waals surface area (Å²) in [4.78, 5) is 12.5. The number of unbranched alkanes of at least 4 members (excludes halogenated alkanes) is 32. The van der Waals surface area contributed by atoms with Gasteiger partial charge < -0.3 is 25.7 Å². The SMILES string of the molecule is CCCCCC/C=C\CCCCCCCCC(O)C(=O)NC(CO)C(O)C(O)CCCCCCCCCCCCCCCCCCCCCCCCC. The van der Waals surface area contributed by atoms with E-state index in [9.17, 15) is 25.2 Å². The van der Waals surface area contributed by atoms with Crippen LogP contribution in [0.3, 0.4) is 0 Å². The van der Waals surface area contributed by atoms with E-state index < -0.39 is 36.9 Å². The van der Waals surface area contributed by atoms with Gasteiger partial charge in [-0.15, -0.1) is 0 Å². The highest BCUT2D eigenvalue weighted by Gasteiger charge is 2.28. The highest BCUT2D eigenvalue weighted by atomic mass is 16.3. The van der Waals surface area contributed by atoms with E-state index in [2.05, 4.69) is 31.3 Å². The first-order valence-corrected chi connectivity index (χ1v) is 23.6. The Labute approximate surface area is 330 Å². The summed E-state index contributed by atoms with van der Waals surface area (Å²) in [6, 6.07) is -0.984. The van der Waals surface area contributed by atoms with Crippen molar-refractivity contribution in [2.24, 2.45) is 0 Å². The summed E-state index contributed by atoms with van der Waals surface area (Å²) in [5, 5.41) is 43.7. The van der Waals surface area contributed by atoms with Gasteiger partial charge in [-0.25, -0.2) is 0 Å². The van der Waals surface area contributed by atoms with Gasteiger partial charge in [0.25, 0.3) is 0 Å². The first kappa shape index (κ1) is 52.0. The van der Waals surface area contributed by atoms with Crippen LogP contribution in [0.4, 0.5) is 0 Å². The van der Waals surface area contributed by atoms with Crippen LogP contribution < -0.4 is 5.32 Å². The van der Waals surface area contributed by atoms with Gasteiger partial charge >= 0.3 is 0 Å². The molecule has 0 rings (SSSR count). The highest BCUT2D eigenvalue weighted by Crippen LogP contribution is 2.17. The minimum absolute atomic E-state index is 0.364. The molecule has 0 heterocycles. The van der Waals surface area contributed by atoms with Crippen molar-refractivity contribution in [2.45, 2.75) is 276 Å².